The second-order valence-corrected chi connectivity index (χ2v) is 26.6. The molecule has 31 nitrogen and oxygen atoms in total. The Morgan fingerprint density at radius 2 is 0.884 bits per heavy atom. The van der Waals surface area contributed by atoms with Crippen LogP contribution in [0, 0.1) is 35.5 Å². The third-order valence-corrected chi connectivity index (χ3v) is 16.0. The summed E-state index contributed by atoms with van der Waals surface area (Å²) in [5, 5.41) is 78.6. The molecular weight excluding hydrogens is 1240 g/mol. The maximum Gasteiger partial charge on any atom is 0.329 e. The fraction of sp³-hybridized carbons (Fsp3) is 0.781. The molecule has 1 aliphatic rings. The van der Waals surface area contributed by atoms with Crippen LogP contribution in [0.5, 0.6) is 0 Å². The summed E-state index contributed by atoms with van der Waals surface area (Å²) >= 11 is 0. The zero-order valence-electron chi connectivity index (χ0n) is 57.9. The van der Waals surface area contributed by atoms with Crippen molar-refractivity contribution in [2.45, 2.75) is 272 Å². The Morgan fingerprint density at radius 1 is 0.474 bits per heavy atom. The number of carbonyl (C=O) groups is 14. The number of carbonyl (C=O) groups excluding carboxylic acids is 12. The maximum absolute atomic E-state index is 14.9. The highest BCUT2D eigenvalue weighted by atomic mass is 16.5. The number of carboxylic acids is 2. The largest absolute Gasteiger partial charge is 0.481 e. The van der Waals surface area contributed by atoms with Gasteiger partial charge in [0.05, 0.1) is 38.6 Å². The van der Waals surface area contributed by atoms with Gasteiger partial charge in [0.15, 0.2) is 0 Å². The van der Waals surface area contributed by atoms with Gasteiger partial charge in [-0.05, 0) is 74.5 Å². The number of hydrogen-bond donors (Lipinski definition) is 16. The van der Waals surface area contributed by atoms with Crippen molar-refractivity contribution >= 4 is 82.9 Å². The molecule has 15 atom stereocenters. The average Bonchev–Trinajstić information content (AvgIpc) is 0.890. The van der Waals surface area contributed by atoms with Crippen LogP contribution in [0.15, 0.2) is 0 Å². The molecule has 1 saturated heterocycles. The van der Waals surface area contributed by atoms with Crippen LogP contribution >= 0.6 is 0 Å². The van der Waals surface area contributed by atoms with Crippen LogP contribution in [0.3, 0.4) is 0 Å². The molecular formula is C64H111N11O20. The van der Waals surface area contributed by atoms with Crippen LogP contribution < -0.4 is 58.5 Å². The summed E-state index contributed by atoms with van der Waals surface area (Å²) < 4.78 is 5.68. The monoisotopic (exact) mass is 1350 g/mol. The lowest BCUT2D eigenvalue weighted by Crippen LogP contribution is -2.63. The molecule has 542 valence electrons. The Kier molecular flexibility index (Phi) is 39.2. The van der Waals surface area contributed by atoms with Crippen molar-refractivity contribution in [3.8, 4) is 0 Å². The molecule has 1 heterocycles. The summed E-state index contributed by atoms with van der Waals surface area (Å²) in [5.41, 5.74) is 0. The number of aliphatic hydroxyl groups is 3. The first kappa shape index (κ1) is 85.5. The summed E-state index contributed by atoms with van der Waals surface area (Å²) in [6.45, 7) is 20.9. The molecule has 0 unspecified atom stereocenters. The SMILES string of the molecule is CCCCCCC[C@H](O)CC(=O)N[C@H](CC(C)C)C(=O)N[C@H](CC(=O)O)C(=O)N[C@H]1C(=O)N[C@H](CC(C)C)C(=O)N[C@H](CC(C)C)C(=O)N[C@H](CO)C(=O)N[C@@H](CC(C)C)C(=O)N[C@H](CO)C(=O)N[C@@H]([C@@H](C)CC)C(=O)N[C@@H]([C@@H](C)CC)C(=O)N[C@@H](CC(=O)O)C(=O)O[C@@H]1C. The van der Waals surface area contributed by atoms with E-state index in [4.69, 9.17) is 4.74 Å². The summed E-state index contributed by atoms with van der Waals surface area (Å²) in [6, 6.07) is -19.0. The van der Waals surface area contributed by atoms with E-state index in [-0.39, 0.29) is 62.7 Å². The normalized spacial score (nSPS) is 24.5. The first-order valence-corrected chi connectivity index (χ1v) is 33.3. The van der Waals surface area contributed by atoms with E-state index in [2.05, 4.69) is 65.4 Å². The Bertz CT molecular complexity index is 2570. The van der Waals surface area contributed by atoms with Gasteiger partial charge in [0.1, 0.15) is 72.6 Å². The molecule has 1 fully saturated rings. The van der Waals surface area contributed by atoms with E-state index in [1.165, 1.54) is 6.92 Å². The molecule has 11 amide bonds. The highest BCUT2D eigenvalue weighted by Crippen LogP contribution is 2.18. The van der Waals surface area contributed by atoms with Gasteiger partial charge < -0.3 is 88.8 Å². The van der Waals surface area contributed by atoms with Crippen molar-refractivity contribution in [2.24, 2.45) is 35.5 Å². The predicted molar refractivity (Wildman–Crippen MR) is 346 cm³/mol. The number of unbranched alkanes of at least 4 members (excludes halogenated alkanes) is 4. The lowest BCUT2D eigenvalue weighted by Gasteiger charge is -2.32. The third-order valence-electron chi connectivity index (χ3n) is 16.0. The minimum absolute atomic E-state index is 0.0412. The Labute approximate surface area is 557 Å². The van der Waals surface area contributed by atoms with Gasteiger partial charge in [-0.25, -0.2) is 4.79 Å². The summed E-state index contributed by atoms with van der Waals surface area (Å²) in [6.07, 6.45) is -1.07. The molecule has 0 aromatic heterocycles. The first-order chi connectivity index (χ1) is 44.4. The standard InChI is InChI=1S/C64H111N11O20/c1-15-18-19-20-21-22-39(78)27-48(79)65-40(23-32(4)5)54(84)68-44(28-49(80)81)58(88)75-53-38(14)95-64(94)45(29-50(82)83)70-61(91)51(36(12)16-2)74-62(92)52(37(13)17-3)73-60(90)47(31-77)72-57(87)42(25-34(8)9)67-59(89)46(30-76)71-56(86)41(24-33(6)7)66-55(85)43(26-35(10)11)69-63(53)93/h32-47,51-53,76-78H,15-31H2,1-14H3,(H,65,79)(H,66,85)(H,67,89)(H,68,84)(H,69,93)(H,70,91)(H,71,86)(H,72,87)(H,73,90)(H,74,92)(H,75,88)(H,80,81)(H,82,83)/t36-,37-,38+,39-,40+,41+,42-,43+,44+,45-,46+,47+,51-,52-,53+/m0/s1. The quantitative estimate of drug-likeness (QED) is 0.0310. The summed E-state index contributed by atoms with van der Waals surface area (Å²) in [5.74, 6) is -19.6. The van der Waals surface area contributed by atoms with Crippen LogP contribution in [0.25, 0.3) is 0 Å². The van der Waals surface area contributed by atoms with Crippen LogP contribution in [-0.4, -0.2) is 200 Å². The van der Waals surface area contributed by atoms with Crippen molar-refractivity contribution in [3.63, 3.8) is 0 Å². The van der Waals surface area contributed by atoms with Crippen LogP contribution in [0.4, 0.5) is 0 Å². The van der Waals surface area contributed by atoms with E-state index in [0.717, 1.165) is 32.6 Å². The molecule has 0 saturated carbocycles. The number of nitrogens with one attached hydrogen (secondary N) is 11. The number of hydrogen-bond acceptors (Lipinski definition) is 18. The number of aliphatic carboxylic acids is 2. The van der Waals surface area contributed by atoms with E-state index < -0.39 is 205 Å². The lowest BCUT2D eigenvalue weighted by atomic mass is 9.94. The van der Waals surface area contributed by atoms with Gasteiger partial charge in [-0.2, -0.15) is 0 Å². The van der Waals surface area contributed by atoms with Gasteiger partial charge in [-0.1, -0.05) is 135 Å². The van der Waals surface area contributed by atoms with Crippen molar-refractivity contribution < 1.29 is 97.4 Å². The molecule has 0 spiro atoms. The Morgan fingerprint density at radius 3 is 1.31 bits per heavy atom. The van der Waals surface area contributed by atoms with E-state index in [1.54, 1.807) is 76.2 Å². The molecule has 16 N–H and O–H groups in total. The van der Waals surface area contributed by atoms with Gasteiger partial charge in [-0.3, -0.25) is 62.3 Å². The van der Waals surface area contributed by atoms with E-state index >= 15 is 0 Å². The summed E-state index contributed by atoms with van der Waals surface area (Å²) in [4.78, 5) is 196. The Balaban J connectivity index is 4.30. The highest BCUT2D eigenvalue weighted by Gasteiger charge is 2.41. The first-order valence-electron chi connectivity index (χ1n) is 33.3. The van der Waals surface area contributed by atoms with Gasteiger partial charge in [0.2, 0.25) is 65.0 Å². The highest BCUT2D eigenvalue weighted by molar-refractivity contribution is 6.00. The summed E-state index contributed by atoms with van der Waals surface area (Å²) in [7, 11) is 0. The number of carboxylic acid groups (broad SMARTS) is 2. The van der Waals surface area contributed by atoms with Crippen molar-refractivity contribution in [2.75, 3.05) is 13.2 Å². The van der Waals surface area contributed by atoms with E-state index in [9.17, 15) is 92.7 Å². The zero-order chi connectivity index (χ0) is 72.6. The predicted octanol–water partition coefficient (Wildman–Crippen LogP) is -0.413. The maximum atomic E-state index is 14.9. The molecule has 1 aliphatic heterocycles. The van der Waals surface area contributed by atoms with Crippen LogP contribution in [0.1, 0.15) is 193 Å². The number of amides is 11. The van der Waals surface area contributed by atoms with Crippen LogP contribution in [0.2, 0.25) is 0 Å². The van der Waals surface area contributed by atoms with Crippen LogP contribution in [-0.2, 0) is 71.9 Å². The number of cyclic esters (lactones) is 1. The minimum atomic E-state index is -2.20. The van der Waals surface area contributed by atoms with Crippen molar-refractivity contribution in [1.29, 1.82) is 0 Å². The topological polar surface area (TPSA) is 482 Å². The lowest BCUT2D eigenvalue weighted by molar-refractivity contribution is -0.158. The van der Waals surface area contributed by atoms with Gasteiger partial charge in [0.25, 0.3) is 0 Å². The van der Waals surface area contributed by atoms with Crippen molar-refractivity contribution in [3.05, 3.63) is 0 Å². The second kappa shape index (κ2) is 43.5. The minimum Gasteiger partial charge on any atom is -0.481 e. The third kappa shape index (κ3) is 31.7. The van der Waals surface area contributed by atoms with E-state index in [1.807, 2.05) is 0 Å². The molecule has 0 radical (unpaired) electrons. The van der Waals surface area contributed by atoms with Gasteiger partial charge in [-0.15, -0.1) is 0 Å². The molecule has 0 aromatic rings. The fourth-order valence-corrected chi connectivity index (χ4v) is 10.3. The molecule has 95 heavy (non-hydrogen) atoms. The fourth-order valence-electron chi connectivity index (χ4n) is 10.3. The molecule has 1 rings (SSSR count). The Hall–Kier alpha value is -7.54. The zero-order valence-corrected chi connectivity index (χ0v) is 57.9. The molecule has 0 aromatic carbocycles. The molecule has 0 bridgehead atoms. The smallest absolute Gasteiger partial charge is 0.329 e. The van der Waals surface area contributed by atoms with E-state index in [0.29, 0.717) is 12.8 Å². The average molecular weight is 1350 g/mol. The second-order valence-electron chi connectivity index (χ2n) is 26.6. The number of rotatable bonds is 31. The number of aliphatic hydroxyl groups excluding tert-OH is 3. The van der Waals surface area contributed by atoms with Crippen molar-refractivity contribution in [1.82, 2.24) is 58.5 Å². The number of ether oxygens (including phenoxy) is 1. The number of esters is 1. The molecule has 31 heteroatoms. The van der Waals surface area contributed by atoms with Gasteiger partial charge in [0, 0.05) is 0 Å². The molecule has 0 aliphatic carbocycles. The van der Waals surface area contributed by atoms with Gasteiger partial charge >= 0.3 is 17.9 Å².